The van der Waals surface area contributed by atoms with Crippen LogP contribution in [0.2, 0.25) is 0 Å². The molecule has 4 saturated carbocycles. The van der Waals surface area contributed by atoms with Crippen molar-refractivity contribution in [1.29, 1.82) is 0 Å². The Balaban J connectivity index is 1.08. The lowest BCUT2D eigenvalue weighted by Gasteiger charge is -2.57. The van der Waals surface area contributed by atoms with Crippen molar-refractivity contribution in [3.8, 4) is 5.75 Å². The summed E-state index contributed by atoms with van der Waals surface area (Å²) >= 11 is 1.24. The van der Waals surface area contributed by atoms with Crippen LogP contribution in [0.5, 0.6) is 5.75 Å². The Morgan fingerprint density at radius 2 is 1.71 bits per heavy atom. The number of nitrogens with one attached hydrogen (secondary N) is 1. The monoisotopic (exact) mass is 496 g/mol. The van der Waals surface area contributed by atoms with Gasteiger partial charge in [0.05, 0.1) is 15.1 Å². The number of hydrogen-bond donors (Lipinski definition) is 1. The largest absolute Gasteiger partial charge is 0.484 e. The van der Waals surface area contributed by atoms with Gasteiger partial charge in [0.2, 0.25) is 0 Å². The van der Waals surface area contributed by atoms with Crippen molar-refractivity contribution >= 4 is 42.4 Å². The maximum absolute atomic E-state index is 12.4. The van der Waals surface area contributed by atoms with Crippen molar-refractivity contribution < 1.29 is 17.9 Å². The van der Waals surface area contributed by atoms with Crippen molar-refractivity contribution in [3.63, 3.8) is 0 Å². The summed E-state index contributed by atoms with van der Waals surface area (Å²) in [6, 6.07) is 13.1. The number of ether oxygens (including phenoxy) is 1. The summed E-state index contributed by atoms with van der Waals surface area (Å²) in [6.07, 6.45) is 9.46. The molecular weight excluding hydrogens is 468 g/mol. The molecule has 0 saturated heterocycles. The minimum atomic E-state index is -3.29. The number of carbonyl (C=O) groups excluding carboxylic acids is 1. The molecule has 178 valence electrons. The first-order valence-corrected chi connectivity index (χ1v) is 14.6. The molecule has 0 unspecified atom stereocenters. The number of rotatable bonds is 6. The van der Waals surface area contributed by atoms with E-state index in [0.29, 0.717) is 26.5 Å². The van der Waals surface area contributed by atoms with Gasteiger partial charge in [-0.15, -0.1) is 0 Å². The molecule has 4 fully saturated rings. The molecule has 2 aromatic carbocycles. The minimum Gasteiger partial charge on any atom is -0.484 e. The van der Waals surface area contributed by atoms with Crippen LogP contribution in [-0.4, -0.2) is 32.2 Å². The van der Waals surface area contributed by atoms with Crippen LogP contribution < -0.4 is 10.1 Å². The fraction of sp³-hybridized carbons (Fsp3) is 0.462. The van der Waals surface area contributed by atoms with E-state index in [2.05, 4.69) is 22.4 Å². The van der Waals surface area contributed by atoms with Gasteiger partial charge in [0, 0.05) is 6.26 Å². The number of fused-ring (bicyclic) bond motifs is 1. The van der Waals surface area contributed by atoms with E-state index in [0.717, 1.165) is 17.8 Å². The van der Waals surface area contributed by atoms with Gasteiger partial charge in [0.15, 0.2) is 21.6 Å². The van der Waals surface area contributed by atoms with E-state index in [9.17, 15) is 13.2 Å². The maximum Gasteiger partial charge on any atom is 0.264 e. The molecule has 1 heterocycles. The van der Waals surface area contributed by atoms with Gasteiger partial charge in [-0.25, -0.2) is 13.4 Å². The molecule has 4 bridgehead atoms. The van der Waals surface area contributed by atoms with Gasteiger partial charge in [-0.05, 0) is 97.6 Å². The van der Waals surface area contributed by atoms with Crippen LogP contribution in [0.3, 0.4) is 0 Å². The highest BCUT2D eigenvalue weighted by molar-refractivity contribution is 7.90. The molecule has 1 N–H and O–H groups in total. The standard InChI is InChI=1S/C26H28N2O4S2/c1-34(30,31)21-6-7-22-23(11-21)33-25(27-22)28-24(29)15-32-20-4-2-19(3-5-20)26-12-16-8-17(13-26)10-18(9-16)14-26/h2-7,11,16-18H,8-10,12-15H2,1H3,(H,27,28,29). The lowest BCUT2D eigenvalue weighted by atomic mass is 9.48. The molecule has 4 aliphatic rings. The lowest BCUT2D eigenvalue weighted by Crippen LogP contribution is -2.48. The summed E-state index contributed by atoms with van der Waals surface area (Å²) in [5.74, 6) is 3.11. The average molecular weight is 497 g/mol. The fourth-order valence-corrected chi connectivity index (χ4v) is 8.51. The Morgan fingerprint density at radius 3 is 2.32 bits per heavy atom. The number of carbonyl (C=O) groups is 1. The number of thiazole rings is 1. The van der Waals surface area contributed by atoms with E-state index < -0.39 is 9.84 Å². The van der Waals surface area contributed by atoms with Gasteiger partial charge in [-0.3, -0.25) is 10.1 Å². The lowest BCUT2D eigenvalue weighted by molar-refractivity contribution is -0.118. The zero-order chi connectivity index (χ0) is 23.5. The highest BCUT2D eigenvalue weighted by atomic mass is 32.2. The Labute approximate surface area is 203 Å². The van der Waals surface area contributed by atoms with Gasteiger partial charge >= 0.3 is 0 Å². The average Bonchev–Trinajstić information content (AvgIpc) is 3.18. The Kier molecular flexibility index (Phi) is 5.22. The third-order valence-electron chi connectivity index (χ3n) is 7.91. The number of nitrogens with zero attached hydrogens (tertiary/aromatic N) is 1. The second kappa shape index (κ2) is 8.05. The summed E-state index contributed by atoms with van der Waals surface area (Å²) in [4.78, 5) is 17.0. The summed E-state index contributed by atoms with van der Waals surface area (Å²) in [6.45, 7) is -0.110. The molecule has 0 aliphatic heterocycles. The number of amides is 1. The topological polar surface area (TPSA) is 85.4 Å². The predicted octanol–water partition coefficient (Wildman–Crippen LogP) is 5.19. The number of sulfone groups is 1. The maximum atomic E-state index is 12.4. The molecule has 0 radical (unpaired) electrons. The van der Waals surface area contributed by atoms with Crippen molar-refractivity contribution in [1.82, 2.24) is 4.98 Å². The number of hydrogen-bond acceptors (Lipinski definition) is 6. The molecule has 4 aliphatic carbocycles. The quantitative estimate of drug-likeness (QED) is 0.508. The highest BCUT2D eigenvalue weighted by Gasteiger charge is 2.51. The first-order valence-electron chi connectivity index (χ1n) is 11.9. The molecule has 8 heteroatoms. The summed E-state index contributed by atoms with van der Waals surface area (Å²) in [7, 11) is -3.29. The number of anilines is 1. The van der Waals surface area contributed by atoms with Crippen molar-refractivity contribution in [2.75, 3.05) is 18.2 Å². The van der Waals surface area contributed by atoms with Crippen LogP contribution in [0.25, 0.3) is 10.2 Å². The molecule has 0 spiro atoms. The molecule has 1 aromatic heterocycles. The van der Waals surface area contributed by atoms with Crippen molar-refractivity contribution in [2.45, 2.75) is 48.8 Å². The molecular formula is C26H28N2O4S2. The van der Waals surface area contributed by atoms with Crippen LogP contribution in [0, 0.1) is 17.8 Å². The molecule has 1 amide bonds. The summed E-state index contributed by atoms with van der Waals surface area (Å²) in [5, 5.41) is 3.18. The third kappa shape index (κ3) is 4.11. The van der Waals surface area contributed by atoms with Crippen LogP contribution in [0.15, 0.2) is 47.4 Å². The molecule has 0 atom stereocenters. The zero-order valence-electron chi connectivity index (χ0n) is 19.1. The summed E-state index contributed by atoms with van der Waals surface area (Å²) < 4.78 is 30.0. The highest BCUT2D eigenvalue weighted by Crippen LogP contribution is 2.60. The van der Waals surface area contributed by atoms with E-state index in [1.54, 1.807) is 12.1 Å². The first-order chi connectivity index (χ1) is 16.3. The third-order valence-corrected chi connectivity index (χ3v) is 9.95. The molecule has 3 aromatic rings. The predicted molar refractivity (Wildman–Crippen MR) is 133 cm³/mol. The fourth-order valence-electron chi connectivity index (χ4n) is 6.86. The Bertz CT molecular complexity index is 1330. The van der Waals surface area contributed by atoms with E-state index in [1.165, 1.54) is 67.7 Å². The van der Waals surface area contributed by atoms with Gasteiger partial charge < -0.3 is 4.74 Å². The van der Waals surface area contributed by atoms with Crippen LogP contribution in [-0.2, 0) is 20.0 Å². The van der Waals surface area contributed by atoms with E-state index in [1.807, 2.05) is 12.1 Å². The second-order valence-electron chi connectivity index (χ2n) is 10.5. The normalized spacial score (nSPS) is 27.7. The zero-order valence-corrected chi connectivity index (χ0v) is 20.8. The SMILES string of the molecule is CS(=O)(=O)c1ccc2nc(NC(=O)COc3ccc(C45CC6CC(CC(C6)C4)C5)cc3)sc2c1. The smallest absolute Gasteiger partial charge is 0.264 e. The summed E-state index contributed by atoms with van der Waals surface area (Å²) in [5.41, 5.74) is 2.44. The molecule has 34 heavy (non-hydrogen) atoms. The second-order valence-corrected chi connectivity index (χ2v) is 13.5. The van der Waals surface area contributed by atoms with E-state index in [-0.39, 0.29) is 17.4 Å². The van der Waals surface area contributed by atoms with Crippen molar-refractivity contribution in [2.24, 2.45) is 17.8 Å². The minimum absolute atomic E-state index is 0.110. The number of aromatic nitrogens is 1. The molecule has 7 rings (SSSR count). The molecule has 6 nitrogen and oxygen atoms in total. The Hall–Kier alpha value is -2.45. The van der Waals surface area contributed by atoms with Crippen LogP contribution >= 0.6 is 11.3 Å². The van der Waals surface area contributed by atoms with Crippen LogP contribution in [0.1, 0.15) is 44.1 Å². The van der Waals surface area contributed by atoms with Gasteiger partial charge in [0.25, 0.3) is 5.91 Å². The van der Waals surface area contributed by atoms with Crippen molar-refractivity contribution in [3.05, 3.63) is 48.0 Å². The van der Waals surface area contributed by atoms with E-state index >= 15 is 0 Å². The Morgan fingerprint density at radius 1 is 1.06 bits per heavy atom. The van der Waals surface area contributed by atoms with E-state index in [4.69, 9.17) is 4.74 Å². The first kappa shape index (κ1) is 22.0. The van der Waals surface area contributed by atoms with Crippen LogP contribution in [0.4, 0.5) is 5.13 Å². The van der Waals surface area contributed by atoms with Gasteiger partial charge in [0.1, 0.15) is 5.75 Å². The number of benzene rings is 2. The van der Waals surface area contributed by atoms with Gasteiger partial charge in [-0.1, -0.05) is 23.5 Å². The van der Waals surface area contributed by atoms with Gasteiger partial charge in [-0.2, -0.15) is 0 Å².